The van der Waals surface area contributed by atoms with Crippen molar-refractivity contribution in [3.63, 3.8) is 0 Å². The molecule has 0 aromatic heterocycles. The van der Waals surface area contributed by atoms with Crippen molar-refractivity contribution in [3.8, 4) is 11.5 Å². The van der Waals surface area contributed by atoms with Gasteiger partial charge in [-0.15, -0.1) is 0 Å². The van der Waals surface area contributed by atoms with E-state index in [1.54, 1.807) is 24.3 Å². The van der Waals surface area contributed by atoms with E-state index in [2.05, 4.69) is 5.32 Å². The van der Waals surface area contributed by atoms with Crippen LogP contribution in [0.15, 0.2) is 42.5 Å². The monoisotopic (exact) mass is 388 g/mol. The summed E-state index contributed by atoms with van der Waals surface area (Å²) in [7, 11) is 1.53. The summed E-state index contributed by atoms with van der Waals surface area (Å²) in [6.45, 7) is 4.32. The highest BCUT2D eigenvalue weighted by molar-refractivity contribution is 5.73. The lowest BCUT2D eigenvalue weighted by atomic mass is 10.0. The fourth-order valence-electron chi connectivity index (χ4n) is 2.65. The molecule has 0 aliphatic carbocycles. The summed E-state index contributed by atoms with van der Waals surface area (Å²) in [6, 6.07) is 10.9. The fraction of sp³-hybridized carbons (Fsp3) is 0.350. The van der Waals surface area contributed by atoms with Crippen molar-refractivity contribution >= 4 is 11.7 Å². The molecule has 2 N–H and O–H groups in total. The van der Waals surface area contributed by atoms with Gasteiger partial charge in [0.1, 0.15) is 12.6 Å². The second kappa shape index (κ2) is 9.70. The van der Waals surface area contributed by atoms with Gasteiger partial charge in [0.2, 0.25) is 0 Å². The molecule has 2 aromatic rings. The second-order valence-electron chi connectivity index (χ2n) is 6.64. The number of carboxylic acids is 1. The van der Waals surface area contributed by atoms with Crippen molar-refractivity contribution in [2.45, 2.75) is 33.0 Å². The van der Waals surface area contributed by atoms with Crippen LogP contribution in [0, 0.1) is 16.0 Å². The van der Waals surface area contributed by atoms with E-state index in [-0.39, 0.29) is 18.2 Å². The molecule has 0 radical (unpaired) electrons. The molecule has 0 saturated heterocycles. The Hall–Kier alpha value is -3.13. The first-order chi connectivity index (χ1) is 13.3. The SMILES string of the molecule is COc1cc(CN[C@@H](C(=O)O)C(C)C)ccc1OCc1ccc([N+](=O)[O-])cc1. The molecular formula is C20H24N2O6. The van der Waals surface area contributed by atoms with E-state index < -0.39 is 16.9 Å². The Morgan fingerprint density at radius 2 is 1.79 bits per heavy atom. The zero-order valence-corrected chi connectivity index (χ0v) is 16.0. The topological polar surface area (TPSA) is 111 Å². The number of hydrogen-bond acceptors (Lipinski definition) is 6. The number of nitro groups is 1. The van der Waals surface area contributed by atoms with Crippen molar-refractivity contribution in [1.29, 1.82) is 0 Å². The molecule has 0 aliphatic heterocycles. The molecule has 0 unspecified atom stereocenters. The molecule has 0 spiro atoms. The molecule has 0 bridgehead atoms. The van der Waals surface area contributed by atoms with Crippen LogP contribution < -0.4 is 14.8 Å². The van der Waals surface area contributed by atoms with Crippen LogP contribution in [-0.2, 0) is 17.9 Å². The number of rotatable bonds is 10. The Bertz CT molecular complexity index is 820. The first-order valence-electron chi connectivity index (χ1n) is 8.81. The third kappa shape index (κ3) is 5.68. The van der Waals surface area contributed by atoms with Gasteiger partial charge in [0.15, 0.2) is 11.5 Å². The van der Waals surface area contributed by atoms with Crippen molar-refractivity contribution < 1.29 is 24.3 Å². The first kappa shape index (κ1) is 21.2. The summed E-state index contributed by atoms with van der Waals surface area (Å²) in [5, 5.41) is 23.0. The average Bonchev–Trinajstić information content (AvgIpc) is 2.66. The number of hydrogen-bond donors (Lipinski definition) is 2. The van der Waals surface area contributed by atoms with Gasteiger partial charge in [0, 0.05) is 18.7 Å². The number of benzene rings is 2. The summed E-state index contributed by atoms with van der Waals surface area (Å²) < 4.78 is 11.1. The van der Waals surface area contributed by atoms with Crippen molar-refractivity contribution in [3.05, 3.63) is 63.7 Å². The van der Waals surface area contributed by atoms with Gasteiger partial charge in [-0.05, 0) is 41.3 Å². The summed E-state index contributed by atoms with van der Waals surface area (Å²) in [6.07, 6.45) is 0. The van der Waals surface area contributed by atoms with Gasteiger partial charge in [-0.25, -0.2) is 0 Å². The molecule has 28 heavy (non-hydrogen) atoms. The van der Waals surface area contributed by atoms with E-state index in [1.807, 2.05) is 19.9 Å². The minimum Gasteiger partial charge on any atom is -0.493 e. The molecule has 8 heteroatoms. The molecule has 150 valence electrons. The van der Waals surface area contributed by atoms with Gasteiger partial charge in [0.05, 0.1) is 12.0 Å². The predicted molar refractivity (Wildman–Crippen MR) is 104 cm³/mol. The first-order valence-corrected chi connectivity index (χ1v) is 8.81. The van der Waals surface area contributed by atoms with Crippen LogP contribution in [0.1, 0.15) is 25.0 Å². The van der Waals surface area contributed by atoms with E-state index in [1.165, 1.54) is 19.2 Å². The summed E-state index contributed by atoms with van der Waals surface area (Å²) in [5.41, 5.74) is 1.69. The largest absolute Gasteiger partial charge is 0.493 e. The fourth-order valence-corrected chi connectivity index (χ4v) is 2.65. The van der Waals surface area contributed by atoms with Crippen LogP contribution in [0.4, 0.5) is 5.69 Å². The average molecular weight is 388 g/mol. The molecule has 2 aromatic carbocycles. The highest BCUT2D eigenvalue weighted by Gasteiger charge is 2.20. The minimum atomic E-state index is -0.884. The van der Waals surface area contributed by atoms with Crippen LogP contribution in [0.25, 0.3) is 0 Å². The predicted octanol–water partition coefficient (Wildman–Crippen LogP) is 3.38. The van der Waals surface area contributed by atoms with Gasteiger partial charge in [0.25, 0.3) is 5.69 Å². The van der Waals surface area contributed by atoms with Crippen molar-refractivity contribution in [2.75, 3.05) is 7.11 Å². The maximum atomic E-state index is 11.3. The van der Waals surface area contributed by atoms with Gasteiger partial charge in [-0.1, -0.05) is 19.9 Å². The van der Waals surface area contributed by atoms with Crippen LogP contribution in [-0.4, -0.2) is 29.2 Å². The van der Waals surface area contributed by atoms with Gasteiger partial charge in [-0.3, -0.25) is 14.9 Å². The Morgan fingerprint density at radius 1 is 1.14 bits per heavy atom. The van der Waals surface area contributed by atoms with E-state index in [0.717, 1.165) is 11.1 Å². The molecule has 0 fully saturated rings. The molecule has 0 aliphatic rings. The number of ether oxygens (including phenoxy) is 2. The lowest BCUT2D eigenvalue weighted by Gasteiger charge is -2.18. The quantitative estimate of drug-likeness (QED) is 0.474. The molecule has 0 saturated carbocycles. The number of aliphatic carboxylic acids is 1. The molecule has 8 nitrogen and oxygen atoms in total. The number of nitrogens with one attached hydrogen (secondary N) is 1. The third-order valence-electron chi connectivity index (χ3n) is 4.23. The molecule has 0 heterocycles. The number of non-ortho nitro benzene ring substituents is 1. The Labute approximate surface area is 163 Å². The van der Waals surface area contributed by atoms with Gasteiger partial charge < -0.3 is 19.9 Å². The summed E-state index contributed by atoms with van der Waals surface area (Å²) in [4.78, 5) is 21.5. The zero-order valence-electron chi connectivity index (χ0n) is 16.0. The normalized spacial score (nSPS) is 11.9. The van der Waals surface area contributed by atoms with Crippen molar-refractivity contribution in [2.24, 2.45) is 5.92 Å². The molecular weight excluding hydrogens is 364 g/mol. The van der Waals surface area contributed by atoms with Gasteiger partial charge >= 0.3 is 5.97 Å². The van der Waals surface area contributed by atoms with E-state index >= 15 is 0 Å². The highest BCUT2D eigenvalue weighted by Crippen LogP contribution is 2.29. The van der Waals surface area contributed by atoms with Gasteiger partial charge in [-0.2, -0.15) is 0 Å². The maximum absolute atomic E-state index is 11.3. The lowest BCUT2D eigenvalue weighted by Crippen LogP contribution is -2.40. The lowest BCUT2D eigenvalue weighted by molar-refractivity contribution is -0.384. The molecule has 2 rings (SSSR count). The number of carbonyl (C=O) groups is 1. The summed E-state index contributed by atoms with van der Waals surface area (Å²) >= 11 is 0. The Balaban J connectivity index is 2.02. The van der Waals surface area contributed by atoms with Crippen molar-refractivity contribution in [1.82, 2.24) is 5.32 Å². The van der Waals surface area contributed by atoms with Crippen LogP contribution in [0.2, 0.25) is 0 Å². The van der Waals surface area contributed by atoms with Crippen LogP contribution in [0.3, 0.4) is 0 Å². The molecule has 0 amide bonds. The standard InChI is InChI=1S/C20H24N2O6/c1-13(2)19(20(23)24)21-11-15-6-9-17(18(10-15)27-3)28-12-14-4-7-16(8-5-14)22(25)26/h4-10,13,19,21H,11-12H2,1-3H3,(H,23,24)/t19-/m1/s1. The maximum Gasteiger partial charge on any atom is 0.320 e. The smallest absolute Gasteiger partial charge is 0.320 e. The minimum absolute atomic E-state index is 0.0271. The van der Waals surface area contributed by atoms with E-state index in [9.17, 15) is 20.0 Å². The van der Waals surface area contributed by atoms with E-state index in [0.29, 0.717) is 18.0 Å². The number of nitro benzene ring substituents is 1. The third-order valence-corrected chi connectivity index (χ3v) is 4.23. The Kier molecular flexibility index (Phi) is 7.34. The summed E-state index contributed by atoms with van der Waals surface area (Å²) in [5.74, 6) is 0.134. The van der Waals surface area contributed by atoms with Crippen LogP contribution >= 0.6 is 0 Å². The number of carboxylic acid groups (broad SMARTS) is 1. The molecule has 1 atom stereocenters. The highest BCUT2D eigenvalue weighted by atomic mass is 16.6. The number of nitrogens with zero attached hydrogens (tertiary/aromatic N) is 1. The van der Waals surface area contributed by atoms with E-state index in [4.69, 9.17) is 9.47 Å². The zero-order chi connectivity index (χ0) is 20.7. The van der Waals surface area contributed by atoms with Crippen LogP contribution in [0.5, 0.6) is 11.5 Å². The number of methoxy groups -OCH3 is 1. The Morgan fingerprint density at radius 3 is 2.32 bits per heavy atom. The second-order valence-corrected chi connectivity index (χ2v) is 6.64.